The summed E-state index contributed by atoms with van der Waals surface area (Å²) in [6, 6.07) is 4.39. The van der Waals surface area contributed by atoms with Crippen molar-refractivity contribution >= 4 is 39.4 Å². The third-order valence-electron chi connectivity index (χ3n) is 4.27. The standard InChI is InChI=1S/C16H17BrN2O5/c17-10-4-5-11-13(7-10)24-9-15(21)19(11)8-14(20)18-6-2-1-3-12(18)16(22)23/h4-5,7,12H,1-3,6,8-9H2,(H,22,23)/t12-/m1/s1. The van der Waals surface area contributed by atoms with Gasteiger partial charge in [0, 0.05) is 11.0 Å². The minimum Gasteiger partial charge on any atom is -0.482 e. The molecule has 3 rings (SSSR count). The zero-order valence-corrected chi connectivity index (χ0v) is 14.5. The van der Waals surface area contributed by atoms with Crippen molar-refractivity contribution in [3.63, 3.8) is 0 Å². The van der Waals surface area contributed by atoms with Crippen molar-refractivity contribution in [3.8, 4) is 5.75 Å². The van der Waals surface area contributed by atoms with Crippen molar-refractivity contribution in [2.75, 3.05) is 24.6 Å². The van der Waals surface area contributed by atoms with Gasteiger partial charge in [0.2, 0.25) is 5.91 Å². The van der Waals surface area contributed by atoms with E-state index in [0.717, 1.165) is 17.3 Å². The molecule has 7 nitrogen and oxygen atoms in total. The number of hydrogen-bond donors (Lipinski definition) is 1. The minimum atomic E-state index is -0.999. The number of halogens is 1. The van der Waals surface area contributed by atoms with Crippen molar-refractivity contribution in [2.45, 2.75) is 25.3 Å². The summed E-state index contributed by atoms with van der Waals surface area (Å²) in [5, 5.41) is 9.30. The van der Waals surface area contributed by atoms with Crippen molar-refractivity contribution in [1.82, 2.24) is 4.90 Å². The van der Waals surface area contributed by atoms with Gasteiger partial charge in [-0.25, -0.2) is 4.79 Å². The van der Waals surface area contributed by atoms with E-state index in [1.807, 2.05) is 0 Å². The van der Waals surface area contributed by atoms with E-state index in [9.17, 15) is 19.5 Å². The third-order valence-corrected chi connectivity index (χ3v) is 4.76. The van der Waals surface area contributed by atoms with Crippen LogP contribution in [0.4, 0.5) is 5.69 Å². The average molecular weight is 397 g/mol. The molecule has 1 aromatic rings. The van der Waals surface area contributed by atoms with Crippen LogP contribution in [0.2, 0.25) is 0 Å². The number of ether oxygens (including phenoxy) is 1. The second-order valence-corrected chi connectivity index (χ2v) is 6.73. The maximum absolute atomic E-state index is 12.6. The molecule has 0 saturated carbocycles. The number of benzene rings is 1. The van der Waals surface area contributed by atoms with E-state index in [1.54, 1.807) is 18.2 Å². The van der Waals surface area contributed by atoms with E-state index in [0.29, 0.717) is 24.4 Å². The fourth-order valence-electron chi connectivity index (χ4n) is 3.06. The predicted octanol–water partition coefficient (Wildman–Crippen LogP) is 1.64. The summed E-state index contributed by atoms with van der Waals surface area (Å²) in [7, 11) is 0. The van der Waals surface area contributed by atoms with Crippen LogP contribution in [0.15, 0.2) is 22.7 Å². The van der Waals surface area contributed by atoms with Crippen molar-refractivity contribution in [2.24, 2.45) is 0 Å². The molecule has 0 bridgehead atoms. The topological polar surface area (TPSA) is 87.2 Å². The molecule has 0 aliphatic carbocycles. The number of carboxylic acid groups (broad SMARTS) is 1. The second kappa shape index (κ2) is 6.80. The zero-order chi connectivity index (χ0) is 17.3. The number of nitrogens with zero attached hydrogens (tertiary/aromatic N) is 2. The second-order valence-electron chi connectivity index (χ2n) is 5.82. The number of likely N-dealkylation sites (tertiary alicyclic amines) is 1. The summed E-state index contributed by atoms with van der Waals surface area (Å²) >= 11 is 3.34. The number of piperidine rings is 1. The van der Waals surface area contributed by atoms with Gasteiger partial charge in [0.15, 0.2) is 6.61 Å². The highest BCUT2D eigenvalue weighted by Crippen LogP contribution is 2.34. The van der Waals surface area contributed by atoms with Crippen LogP contribution in [0.25, 0.3) is 0 Å². The van der Waals surface area contributed by atoms with Gasteiger partial charge < -0.3 is 14.7 Å². The van der Waals surface area contributed by atoms with E-state index in [1.165, 1.54) is 9.80 Å². The molecule has 2 aliphatic rings. The Balaban J connectivity index is 1.81. The molecule has 0 radical (unpaired) electrons. The third kappa shape index (κ3) is 3.24. The Morgan fingerprint density at radius 1 is 1.33 bits per heavy atom. The number of carboxylic acids is 1. The number of aliphatic carboxylic acids is 1. The van der Waals surface area contributed by atoms with Crippen LogP contribution in [0.1, 0.15) is 19.3 Å². The highest BCUT2D eigenvalue weighted by Gasteiger charge is 2.35. The molecule has 2 aliphatic heterocycles. The lowest BCUT2D eigenvalue weighted by molar-refractivity contribution is -0.151. The highest BCUT2D eigenvalue weighted by atomic mass is 79.9. The molecule has 1 N–H and O–H groups in total. The first-order valence-corrected chi connectivity index (χ1v) is 8.51. The van der Waals surface area contributed by atoms with E-state index in [-0.39, 0.29) is 25.0 Å². The lowest BCUT2D eigenvalue weighted by Crippen LogP contribution is -2.53. The molecular formula is C16H17BrN2O5. The maximum atomic E-state index is 12.6. The normalized spacial score (nSPS) is 20.4. The van der Waals surface area contributed by atoms with E-state index < -0.39 is 12.0 Å². The van der Waals surface area contributed by atoms with Crippen LogP contribution < -0.4 is 9.64 Å². The summed E-state index contributed by atoms with van der Waals surface area (Å²) in [4.78, 5) is 38.9. The van der Waals surface area contributed by atoms with Crippen LogP contribution in [0.5, 0.6) is 5.75 Å². The van der Waals surface area contributed by atoms with Gasteiger partial charge in [-0.3, -0.25) is 14.5 Å². The number of amides is 2. The van der Waals surface area contributed by atoms with Crippen molar-refractivity contribution in [1.29, 1.82) is 0 Å². The van der Waals surface area contributed by atoms with Crippen molar-refractivity contribution in [3.05, 3.63) is 22.7 Å². The summed E-state index contributed by atoms with van der Waals surface area (Å²) in [5.74, 6) is -1.15. The average Bonchev–Trinajstić information content (AvgIpc) is 2.57. The Hall–Kier alpha value is -2.09. The molecule has 0 spiro atoms. The molecule has 24 heavy (non-hydrogen) atoms. The molecule has 0 unspecified atom stereocenters. The summed E-state index contributed by atoms with van der Waals surface area (Å²) in [6.45, 7) is 0.0845. The maximum Gasteiger partial charge on any atom is 0.326 e. The number of hydrogen-bond acceptors (Lipinski definition) is 4. The molecule has 1 fully saturated rings. The number of carbonyl (C=O) groups is 3. The highest BCUT2D eigenvalue weighted by molar-refractivity contribution is 9.10. The van der Waals surface area contributed by atoms with E-state index >= 15 is 0 Å². The molecule has 1 atom stereocenters. The quantitative estimate of drug-likeness (QED) is 0.838. The first-order valence-electron chi connectivity index (χ1n) is 7.72. The van der Waals surface area contributed by atoms with Gasteiger partial charge in [-0.05, 0) is 37.5 Å². The molecule has 0 aromatic heterocycles. The molecular weight excluding hydrogens is 380 g/mol. The van der Waals surface area contributed by atoms with Crippen molar-refractivity contribution < 1.29 is 24.2 Å². The van der Waals surface area contributed by atoms with Crippen LogP contribution in [-0.2, 0) is 14.4 Å². The minimum absolute atomic E-state index is 0.140. The number of carbonyl (C=O) groups excluding carboxylic acids is 2. The summed E-state index contributed by atoms with van der Waals surface area (Å²) < 4.78 is 6.20. The molecule has 128 valence electrons. The fraction of sp³-hybridized carbons (Fsp3) is 0.438. The number of fused-ring (bicyclic) bond motifs is 1. The predicted molar refractivity (Wildman–Crippen MR) is 89.0 cm³/mol. The van der Waals surface area contributed by atoms with Crippen LogP contribution in [-0.4, -0.2) is 53.5 Å². The lowest BCUT2D eigenvalue weighted by Gasteiger charge is -2.35. The van der Waals surface area contributed by atoms with Crippen LogP contribution in [0.3, 0.4) is 0 Å². The largest absolute Gasteiger partial charge is 0.482 e. The SMILES string of the molecule is O=C(O)[C@H]1CCCCN1C(=O)CN1C(=O)COc2cc(Br)ccc21. The fourth-order valence-corrected chi connectivity index (χ4v) is 3.40. The Kier molecular flexibility index (Phi) is 4.75. The molecule has 2 amide bonds. The molecule has 2 heterocycles. The first kappa shape index (κ1) is 16.8. The summed E-state index contributed by atoms with van der Waals surface area (Å²) in [6.07, 6.45) is 2.01. The Morgan fingerprint density at radius 3 is 2.88 bits per heavy atom. The number of anilines is 1. The lowest BCUT2D eigenvalue weighted by atomic mass is 10.0. The van der Waals surface area contributed by atoms with Gasteiger partial charge in [-0.2, -0.15) is 0 Å². The Bertz CT molecular complexity index is 693. The smallest absolute Gasteiger partial charge is 0.326 e. The zero-order valence-electron chi connectivity index (χ0n) is 12.9. The van der Waals surface area contributed by atoms with Gasteiger partial charge in [-0.15, -0.1) is 0 Å². The number of rotatable bonds is 3. The van der Waals surface area contributed by atoms with Crippen LogP contribution >= 0.6 is 15.9 Å². The van der Waals surface area contributed by atoms with Crippen LogP contribution in [0, 0.1) is 0 Å². The van der Waals surface area contributed by atoms with Gasteiger partial charge in [-0.1, -0.05) is 15.9 Å². The molecule has 8 heteroatoms. The summed E-state index contributed by atoms with van der Waals surface area (Å²) in [5.41, 5.74) is 0.520. The Labute approximate surface area is 147 Å². The van der Waals surface area contributed by atoms with Gasteiger partial charge in [0.05, 0.1) is 5.69 Å². The monoisotopic (exact) mass is 396 g/mol. The van der Waals surface area contributed by atoms with Gasteiger partial charge >= 0.3 is 5.97 Å². The van der Waals surface area contributed by atoms with E-state index in [2.05, 4.69) is 15.9 Å². The van der Waals surface area contributed by atoms with E-state index in [4.69, 9.17) is 4.74 Å². The molecule has 1 aromatic carbocycles. The van der Waals surface area contributed by atoms with Gasteiger partial charge in [0.25, 0.3) is 5.91 Å². The molecule has 1 saturated heterocycles. The first-order chi connectivity index (χ1) is 11.5. The Morgan fingerprint density at radius 2 is 2.12 bits per heavy atom. The van der Waals surface area contributed by atoms with Gasteiger partial charge in [0.1, 0.15) is 18.3 Å².